The van der Waals surface area contributed by atoms with Gasteiger partial charge in [-0.3, -0.25) is 4.79 Å². The fourth-order valence-corrected chi connectivity index (χ4v) is 1.37. The molecule has 0 aliphatic rings. The number of rotatable bonds is 3. The third-order valence-electron chi connectivity index (χ3n) is 2.06. The lowest BCUT2D eigenvalue weighted by atomic mass is 10.1. The smallest absolute Gasteiger partial charge is 0.310 e. The van der Waals surface area contributed by atoms with Crippen molar-refractivity contribution in [2.45, 2.75) is 13.3 Å². The largest absolute Gasteiger partial charge is 0.496 e. The molecule has 0 amide bonds. The van der Waals surface area contributed by atoms with Crippen LogP contribution in [0.3, 0.4) is 0 Å². The second-order valence-electron chi connectivity index (χ2n) is 3.02. The molecule has 1 rings (SSSR count). The number of methoxy groups -OCH3 is 2. The summed E-state index contributed by atoms with van der Waals surface area (Å²) in [5, 5.41) is 0. The summed E-state index contributed by atoms with van der Waals surface area (Å²) in [6.07, 6.45) is 0.251. The van der Waals surface area contributed by atoms with Gasteiger partial charge in [0.15, 0.2) is 0 Å². The highest BCUT2D eigenvalue weighted by atomic mass is 16.5. The fraction of sp³-hybridized carbons (Fsp3) is 0.364. The molecule has 0 fully saturated rings. The van der Waals surface area contributed by atoms with E-state index in [0.29, 0.717) is 0 Å². The van der Waals surface area contributed by atoms with Crippen LogP contribution in [0, 0.1) is 6.92 Å². The van der Waals surface area contributed by atoms with Crippen LogP contribution in [0.5, 0.6) is 5.75 Å². The predicted molar refractivity (Wildman–Crippen MR) is 53.5 cm³/mol. The average molecular weight is 194 g/mol. The van der Waals surface area contributed by atoms with Crippen LogP contribution in [0.2, 0.25) is 0 Å². The Hall–Kier alpha value is -1.51. The lowest BCUT2D eigenvalue weighted by molar-refractivity contribution is -0.139. The summed E-state index contributed by atoms with van der Waals surface area (Å²) in [6, 6.07) is 5.71. The van der Waals surface area contributed by atoms with Crippen molar-refractivity contribution >= 4 is 5.97 Å². The van der Waals surface area contributed by atoms with Crippen LogP contribution in [0.15, 0.2) is 18.2 Å². The summed E-state index contributed by atoms with van der Waals surface area (Å²) in [6.45, 7) is 1.94. The van der Waals surface area contributed by atoms with Crippen molar-refractivity contribution in [1.29, 1.82) is 0 Å². The van der Waals surface area contributed by atoms with Gasteiger partial charge in [0, 0.05) is 5.56 Å². The van der Waals surface area contributed by atoms with Crippen molar-refractivity contribution in [2.75, 3.05) is 14.2 Å². The maximum atomic E-state index is 11.1. The first kappa shape index (κ1) is 10.6. The summed E-state index contributed by atoms with van der Waals surface area (Å²) < 4.78 is 9.81. The number of para-hydroxylation sites is 1. The second kappa shape index (κ2) is 4.65. The van der Waals surface area contributed by atoms with Crippen LogP contribution in [-0.2, 0) is 16.0 Å². The Balaban J connectivity index is 2.96. The highest BCUT2D eigenvalue weighted by Crippen LogP contribution is 2.23. The minimum absolute atomic E-state index is 0.251. The lowest BCUT2D eigenvalue weighted by Crippen LogP contribution is -2.06. The molecule has 1 aromatic carbocycles. The number of aryl methyl sites for hydroxylation is 1. The Bertz CT molecular complexity index is 331. The van der Waals surface area contributed by atoms with Gasteiger partial charge in [0.25, 0.3) is 0 Å². The van der Waals surface area contributed by atoms with Crippen LogP contribution >= 0.6 is 0 Å². The van der Waals surface area contributed by atoms with Gasteiger partial charge in [0.05, 0.1) is 20.6 Å². The first-order valence-corrected chi connectivity index (χ1v) is 4.38. The molecule has 0 aliphatic heterocycles. The van der Waals surface area contributed by atoms with E-state index in [1.54, 1.807) is 7.11 Å². The Labute approximate surface area is 83.6 Å². The molecule has 0 saturated carbocycles. The number of carbonyl (C=O) groups is 1. The Kier molecular flexibility index (Phi) is 3.51. The molecule has 0 heterocycles. The van der Waals surface area contributed by atoms with Crippen LogP contribution in [-0.4, -0.2) is 20.2 Å². The zero-order valence-electron chi connectivity index (χ0n) is 8.66. The summed E-state index contributed by atoms with van der Waals surface area (Å²) in [4.78, 5) is 11.1. The molecule has 1 aromatic rings. The van der Waals surface area contributed by atoms with Gasteiger partial charge in [-0.2, -0.15) is 0 Å². The zero-order valence-corrected chi connectivity index (χ0v) is 8.66. The molecule has 0 aromatic heterocycles. The van der Waals surface area contributed by atoms with Crippen molar-refractivity contribution in [1.82, 2.24) is 0 Å². The Morgan fingerprint density at radius 1 is 1.36 bits per heavy atom. The number of benzene rings is 1. The van der Waals surface area contributed by atoms with E-state index in [2.05, 4.69) is 4.74 Å². The molecule has 0 N–H and O–H groups in total. The molecule has 0 atom stereocenters. The van der Waals surface area contributed by atoms with Crippen molar-refractivity contribution in [3.05, 3.63) is 29.3 Å². The van der Waals surface area contributed by atoms with Crippen molar-refractivity contribution in [2.24, 2.45) is 0 Å². The molecule has 76 valence electrons. The van der Waals surface area contributed by atoms with Crippen LogP contribution in [0.25, 0.3) is 0 Å². The molecular weight excluding hydrogens is 180 g/mol. The lowest BCUT2D eigenvalue weighted by Gasteiger charge is -2.09. The van der Waals surface area contributed by atoms with E-state index in [1.165, 1.54) is 7.11 Å². The van der Waals surface area contributed by atoms with Crippen molar-refractivity contribution < 1.29 is 14.3 Å². The van der Waals surface area contributed by atoms with E-state index >= 15 is 0 Å². The summed E-state index contributed by atoms with van der Waals surface area (Å²) in [5.41, 5.74) is 1.88. The SMILES string of the molecule is COC(=O)Cc1cccc(C)c1OC. The van der Waals surface area contributed by atoms with Gasteiger partial charge < -0.3 is 9.47 Å². The molecule has 0 spiro atoms. The van der Waals surface area contributed by atoms with Gasteiger partial charge in [0.2, 0.25) is 0 Å². The molecule has 0 bridgehead atoms. The van der Waals surface area contributed by atoms with E-state index in [1.807, 2.05) is 25.1 Å². The van der Waals surface area contributed by atoms with Gasteiger partial charge >= 0.3 is 5.97 Å². The van der Waals surface area contributed by atoms with Crippen molar-refractivity contribution in [3.8, 4) is 5.75 Å². The van der Waals surface area contributed by atoms with Gasteiger partial charge in [0.1, 0.15) is 5.75 Å². The maximum Gasteiger partial charge on any atom is 0.310 e. The minimum atomic E-state index is -0.256. The van der Waals surface area contributed by atoms with Crippen molar-refractivity contribution in [3.63, 3.8) is 0 Å². The normalized spacial score (nSPS) is 9.64. The number of hydrogen-bond acceptors (Lipinski definition) is 3. The predicted octanol–water partition coefficient (Wildman–Crippen LogP) is 1.72. The summed E-state index contributed by atoms with van der Waals surface area (Å²) in [7, 11) is 2.98. The third kappa shape index (κ3) is 2.25. The fourth-order valence-electron chi connectivity index (χ4n) is 1.37. The van der Waals surface area contributed by atoms with E-state index in [4.69, 9.17) is 4.74 Å². The maximum absolute atomic E-state index is 11.1. The Morgan fingerprint density at radius 3 is 2.64 bits per heavy atom. The van der Waals surface area contributed by atoms with E-state index in [0.717, 1.165) is 16.9 Å². The molecule has 0 unspecified atom stereocenters. The monoisotopic (exact) mass is 194 g/mol. The van der Waals surface area contributed by atoms with Gasteiger partial charge in [-0.1, -0.05) is 18.2 Å². The number of ether oxygens (including phenoxy) is 2. The first-order valence-electron chi connectivity index (χ1n) is 4.38. The molecular formula is C11H14O3. The van der Waals surface area contributed by atoms with E-state index < -0.39 is 0 Å². The van der Waals surface area contributed by atoms with Gasteiger partial charge in [-0.15, -0.1) is 0 Å². The minimum Gasteiger partial charge on any atom is -0.496 e. The average Bonchev–Trinajstić information content (AvgIpc) is 2.18. The third-order valence-corrected chi connectivity index (χ3v) is 2.06. The number of esters is 1. The van der Waals surface area contributed by atoms with Gasteiger partial charge in [-0.05, 0) is 12.5 Å². The standard InChI is InChI=1S/C11H14O3/c1-8-5-4-6-9(11(8)14-3)7-10(12)13-2/h4-6H,7H2,1-3H3. The van der Waals surface area contributed by atoms with E-state index in [9.17, 15) is 4.79 Å². The second-order valence-corrected chi connectivity index (χ2v) is 3.02. The number of hydrogen-bond donors (Lipinski definition) is 0. The molecule has 14 heavy (non-hydrogen) atoms. The molecule has 0 radical (unpaired) electrons. The topological polar surface area (TPSA) is 35.5 Å². The first-order chi connectivity index (χ1) is 6.69. The van der Waals surface area contributed by atoms with Crippen LogP contribution in [0.1, 0.15) is 11.1 Å². The summed E-state index contributed by atoms with van der Waals surface area (Å²) in [5.74, 6) is 0.506. The quantitative estimate of drug-likeness (QED) is 0.687. The molecule has 3 heteroatoms. The van der Waals surface area contributed by atoms with Gasteiger partial charge in [-0.25, -0.2) is 0 Å². The highest BCUT2D eigenvalue weighted by molar-refractivity contribution is 5.73. The van der Waals surface area contributed by atoms with Crippen LogP contribution < -0.4 is 4.74 Å². The highest BCUT2D eigenvalue weighted by Gasteiger charge is 2.09. The summed E-state index contributed by atoms with van der Waals surface area (Å²) >= 11 is 0. The molecule has 3 nitrogen and oxygen atoms in total. The number of carbonyl (C=O) groups excluding carboxylic acids is 1. The Morgan fingerprint density at radius 2 is 2.07 bits per heavy atom. The molecule has 0 saturated heterocycles. The van der Waals surface area contributed by atoms with E-state index in [-0.39, 0.29) is 12.4 Å². The van der Waals surface area contributed by atoms with Crippen LogP contribution in [0.4, 0.5) is 0 Å². The molecule has 0 aliphatic carbocycles. The zero-order chi connectivity index (χ0) is 10.6.